The largest absolute Gasteiger partial charge is 1.00 e. The molecule has 0 aromatic heterocycles. The van der Waals surface area contributed by atoms with Gasteiger partial charge in [0.1, 0.15) is 0 Å². The Kier molecular flexibility index (Phi) is 10.9. The topological polar surface area (TPSA) is 80.3 Å². The van der Waals surface area contributed by atoms with E-state index in [1.807, 2.05) is 0 Å². The Morgan fingerprint density at radius 2 is 1.38 bits per heavy atom. The van der Waals surface area contributed by atoms with Gasteiger partial charge in [-0.2, -0.15) is 0 Å². The number of hydrogen-bond donors (Lipinski definition) is 0. The van der Waals surface area contributed by atoms with E-state index in [1.54, 1.807) is 0 Å². The number of carboxylic acid groups (broad SMARTS) is 2. The third kappa shape index (κ3) is 5.55. The van der Waals surface area contributed by atoms with Crippen molar-refractivity contribution in [3.63, 3.8) is 0 Å². The van der Waals surface area contributed by atoms with Crippen LogP contribution in [-0.2, 0) is 0 Å². The molecule has 4 nitrogen and oxygen atoms in total. The third-order valence-electron chi connectivity index (χ3n) is 1.57. The molecule has 0 saturated heterocycles. The number of terminal acetylenes is 1. The molecule has 0 radical (unpaired) electrons. The summed E-state index contributed by atoms with van der Waals surface area (Å²) in [6, 6.07) is 3.25. The summed E-state index contributed by atoms with van der Waals surface area (Å²) in [5.41, 5.74) is -0.398. The van der Waals surface area contributed by atoms with Crippen LogP contribution in [0.1, 0.15) is 26.3 Å². The maximum atomic E-state index is 10.5. The van der Waals surface area contributed by atoms with E-state index in [4.69, 9.17) is 6.42 Å². The first-order valence-electron chi connectivity index (χ1n) is 3.59. The predicted molar refractivity (Wildman–Crippen MR) is 43.0 cm³/mol. The predicted octanol–water partition coefficient (Wildman–Crippen LogP) is -7.60. The number of benzene rings is 1. The molecule has 0 heterocycles. The molecule has 0 aliphatic heterocycles. The zero-order valence-corrected chi connectivity index (χ0v) is 15.2. The van der Waals surface area contributed by atoms with Crippen molar-refractivity contribution in [2.75, 3.05) is 0 Å². The fourth-order valence-corrected chi connectivity index (χ4v) is 0.947. The molecule has 0 aliphatic carbocycles. The van der Waals surface area contributed by atoms with Gasteiger partial charge >= 0.3 is 103 Å². The molecule has 16 heavy (non-hydrogen) atoms. The summed E-state index contributed by atoms with van der Waals surface area (Å²) in [6.07, 6.45) is 5.01. The van der Waals surface area contributed by atoms with E-state index in [0.29, 0.717) is 0 Å². The summed E-state index contributed by atoms with van der Waals surface area (Å²) < 4.78 is 0. The molecule has 0 amide bonds. The summed E-state index contributed by atoms with van der Waals surface area (Å²) in [6.45, 7) is 0. The van der Waals surface area contributed by atoms with Crippen LogP contribution in [0, 0.1) is 12.3 Å². The molecule has 70 valence electrons. The molecule has 1 rings (SSSR count). The van der Waals surface area contributed by atoms with Crippen LogP contribution >= 0.6 is 0 Å². The van der Waals surface area contributed by atoms with Crippen LogP contribution in [0.5, 0.6) is 0 Å². The number of carbonyl (C=O) groups is 2. The first-order chi connectivity index (χ1) is 6.54. The van der Waals surface area contributed by atoms with Gasteiger partial charge in [-0.3, -0.25) is 0 Å². The first kappa shape index (κ1) is 19.3. The van der Waals surface area contributed by atoms with Gasteiger partial charge in [0.15, 0.2) is 0 Å². The minimum atomic E-state index is -1.48. The van der Waals surface area contributed by atoms with Gasteiger partial charge in [-0.25, -0.2) is 0 Å². The average molecular weight is 266 g/mol. The Morgan fingerprint density at radius 1 is 1.00 bits per heavy atom. The van der Waals surface area contributed by atoms with Crippen LogP contribution in [0.25, 0.3) is 0 Å². The zero-order valence-electron chi connectivity index (χ0n) is 8.94. The monoisotopic (exact) mass is 266 g/mol. The van der Waals surface area contributed by atoms with Gasteiger partial charge in [-0.15, -0.1) is 6.42 Å². The van der Waals surface area contributed by atoms with E-state index in [9.17, 15) is 19.8 Å². The normalized spacial score (nSPS) is 7.94. The van der Waals surface area contributed by atoms with Crippen LogP contribution in [0.15, 0.2) is 18.2 Å². The SMILES string of the molecule is C#Cc1cc(C(=O)[O-])cc(C(=O)[O-])c1.[K+].[K+]. The van der Waals surface area contributed by atoms with Crippen molar-refractivity contribution in [2.24, 2.45) is 0 Å². The van der Waals surface area contributed by atoms with Crippen LogP contribution in [-0.4, -0.2) is 11.9 Å². The molecule has 0 spiro atoms. The zero-order chi connectivity index (χ0) is 10.7. The average Bonchev–Trinajstić information content (AvgIpc) is 2.16. The van der Waals surface area contributed by atoms with Gasteiger partial charge < -0.3 is 19.8 Å². The second-order valence-electron chi connectivity index (χ2n) is 2.52. The van der Waals surface area contributed by atoms with E-state index in [2.05, 4.69) is 5.92 Å². The fourth-order valence-electron chi connectivity index (χ4n) is 0.947. The van der Waals surface area contributed by atoms with E-state index < -0.39 is 11.9 Å². The molecule has 0 N–H and O–H groups in total. The number of carboxylic acids is 2. The molecule has 0 saturated carbocycles. The summed E-state index contributed by atoms with van der Waals surface area (Å²) in [4.78, 5) is 20.9. The van der Waals surface area contributed by atoms with Crippen LogP contribution in [0.4, 0.5) is 0 Å². The molecule has 1 aromatic rings. The Bertz CT molecular complexity index is 416. The summed E-state index contributed by atoms with van der Waals surface area (Å²) >= 11 is 0. The van der Waals surface area contributed by atoms with Crippen LogP contribution < -0.4 is 113 Å². The van der Waals surface area contributed by atoms with E-state index in [-0.39, 0.29) is 119 Å². The standard InChI is InChI=1S/C10H6O4.2K/c1-2-6-3-7(9(11)12)5-8(4-6)10(13)14;;/h1,3-5H,(H,11,12)(H,13,14);;/q;2*+1/p-2. The maximum absolute atomic E-state index is 10.5. The third-order valence-corrected chi connectivity index (χ3v) is 1.57. The Morgan fingerprint density at radius 3 is 1.62 bits per heavy atom. The van der Waals surface area contributed by atoms with Gasteiger partial charge in [0, 0.05) is 5.56 Å². The summed E-state index contributed by atoms with van der Waals surface area (Å²) in [7, 11) is 0. The number of rotatable bonds is 2. The van der Waals surface area contributed by atoms with E-state index in [1.165, 1.54) is 0 Å². The van der Waals surface area contributed by atoms with Crippen molar-refractivity contribution in [3.05, 3.63) is 34.9 Å². The van der Waals surface area contributed by atoms with E-state index in [0.717, 1.165) is 18.2 Å². The minimum Gasteiger partial charge on any atom is -0.545 e. The molecular weight excluding hydrogens is 262 g/mol. The van der Waals surface area contributed by atoms with Crippen molar-refractivity contribution >= 4 is 11.9 Å². The van der Waals surface area contributed by atoms with Crippen LogP contribution in [0.2, 0.25) is 0 Å². The van der Waals surface area contributed by atoms with Crippen molar-refractivity contribution in [1.29, 1.82) is 0 Å². The molecule has 0 fully saturated rings. The summed E-state index contributed by atoms with van der Waals surface area (Å²) in [5, 5.41) is 20.9. The molecule has 1 aromatic carbocycles. The smallest absolute Gasteiger partial charge is 0.545 e. The van der Waals surface area contributed by atoms with Crippen LogP contribution in [0.3, 0.4) is 0 Å². The molecule has 0 bridgehead atoms. The number of carbonyl (C=O) groups excluding carboxylic acids is 2. The van der Waals surface area contributed by atoms with Gasteiger partial charge in [0.2, 0.25) is 0 Å². The summed E-state index contributed by atoms with van der Waals surface area (Å²) in [5.74, 6) is -0.828. The second-order valence-corrected chi connectivity index (χ2v) is 2.52. The van der Waals surface area contributed by atoms with Crippen molar-refractivity contribution < 1.29 is 123 Å². The Hall–Kier alpha value is 0.993. The molecular formula is C10H4K2O4. The first-order valence-corrected chi connectivity index (χ1v) is 3.59. The van der Waals surface area contributed by atoms with Gasteiger partial charge in [0.05, 0.1) is 11.9 Å². The molecule has 0 atom stereocenters. The fraction of sp³-hybridized carbons (Fsp3) is 0. The minimum absolute atomic E-state index is 0. The molecule has 6 heteroatoms. The van der Waals surface area contributed by atoms with Crippen molar-refractivity contribution in [1.82, 2.24) is 0 Å². The van der Waals surface area contributed by atoms with Crippen molar-refractivity contribution in [3.8, 4) is 12.3 Å². The van der Waals surface area contributed by atoms with Crippen molar-refractivity contribution in [2.45, 2.75) is 0 Å². The van der Waals surface area contributed by atoms with E-state index >= 15 is 0 Å². The van der Waals surface area contributed by atoms with Gasteiger partial charge in [-0.05, 0) is 29.3 Å². The quantitative estimate of drug-likeness (QED) is 0.393. The number of hydrogen-bond acceptors (Lipinski definition) is 4. The maximum Gasteiger partial charge on any atom is 1.00 e. The Balaban J connectivity index is 0. The van der Waals surface area contributed by atoms with Gasteiger partial charge in [-0.1, -0.05) is 5.92 Å². The molecule has 0 unspecified atom stereocenters. The number of aromatic carboxylic acids is 2. The van der Waals surface area contributed by atoms with Gasteiger partial charge in [0.25, 0.3) is 0 Å². The second kappa shape index (κ2) is 8.99. The molecule has 0 aliphatic rings. The Labute approximate surface area is 178 Å².